The Morgan fingerprint density at radius 3 is 2.45 bits per heavy atom. The molecule has 0 bridgehead atoms. The predicted octanol–water partition coefficient (Wildman–Crippen LogP) is 1.64. The van der Waals surface area contributed by atoms with Crippen LogP contribution in [0.3, 0.4) is 0 Å². The molecule has 0 heterocycles. The molecule has 9 heteroatoms. The normalized spacial score (nSPS) is 11.1. The molecule has 0 radical (unpaired) electrons. The van der Waals surface area contributed by atoms with E-state index in [1.54, 1.807) is 0 Å². The van der Waals surface area contributed by atoms with Gasteiger partial charge in [-0.3, -0.25) is 9.52 Å². The highest BCUT2D eigenvalue weighted by Crippen LogP contribution is 2.21. The largest absolute Gasteiger partial charge is 0.481 e. The van der Waals surface area contributed by atoms with Gasteiger partial charge in [-0.05, 0) is 24.6 Å². The maximum absolute atomic E-state index is 11.7. The van der Waals surface area contributed by atoms with Crippen molar-refractivity contribution < 1.29 is 28.2 Å². The van der Waals surface area contributed by atoms with Crippen molar-refractivity contribution in [1.82, 2.24) is 0 Å². The number of nitrogens with one attached hydrogen (secondary N) is 1. The number of carbonyl (C=O) groups is 2. The molecule has 0 aliphatic rings. The van der Waals surface area contributed by atoms with Crippen molar-refractivity contribution in [1.29, 1.82) is 0 Å². The second-order valence-electron chi connectivity index (χ2n) is 3.92. The molecule has 0 saturated carbocycles. The maximum atomic E-state index is 11.7. The minimum absolute atomic E-state index is 0.00803. The lowest BCUT2D eigenvalue weighted by Crippen LogP contribution is -2.17. The molecule has 0 amide bonds. The highest BCUT2D eigenvalue weighted by atomic mass is 35.5. The van der Waals surface area contributed by atoms with Crippen molar-refractivity contribution in [2.75, 3.05) is 10.5 Å². The average molecular weight is 322 g/mol. The van der Waals surface area contributed by atoms with Crippen LogP contribution in [0.2, 0.25) is 5.02 Å². The molecule has 0 spiro atoms. The van der Waals surface area contributed by atoms with Gasteiger partial charge in [-0.15, -0.1) is 0 Å². The van der Waals surface area contributed by atoms with Gasteiger partial charge in [0.25, 0.3) is 0 Å². The Morgan fingerprint density at radius 1 is 1.25 bits per heavy atom. The van der Waals surface area contributed by atoms with Crippen molar-refractivity contribution in [2.45, 2.75) is 12.8 Å². The van der Waals surface area contributed by atoms with Gasteiger partial charge in [0.15, 0.2) is 0 Å². The molecule has 0 atom stereocenters. The Bertz CT molecular complexity index is 628. The van der Waals surface area contributed by atoms with E-state index in [4.69, 9.17) is 21.8 Å². The lowest BCUT2D eigenvalue weighted by Gasteiger charge is -2.08. The van der Waals surface area contributed by atoms with Crippen LogP contribution in [0.5, 0.6) is 0 Å². The second kappa shape index (κ2) is 6.58. The summed E-state index contributed by atoms with van der Waals surface area (Å²) in [5, 5.41) is 17.3. The average Bonchev–Trinajstić information content (AvgIpc) is 2.30. The number of carboxylic acids is 2. The molecule has 0 saturated heterocycles. The smallest absolute Gasteiger partial charge is 0.337 e. The predicted molar refractivity (Wildman–Crippen MR) is 72.7 cm³/mol. The van der Waals surface area contributed by atoms with Crippen LogP contribution in [-0.4, -0.2) is 36.3 Å². The third-order valence-corrected chi connectivity index (χ3v) is 3.98. The number of hydrogen-bond donors (Lipinski definition) is 3. The molecule has 20 heavy (non-hydrogen) atoms. The molecule has 1 aromatic rings. The van der Waals surface area contributed by atoms with Crippen LogP contribution in [-0.2, 0) is 14.8 Å². The van der Waals surface area contributed by atoms with Crippen molar-refractivity contribution >= 4 is 39.3 Å². The Balaban J connectivity index is 2.79. The van der Waals surface area contributed by atoms with Crippen LogP contribution in [0, 0.1) is 0 Å². The SMILES string of the molecule is O=C(O)CCCS(=O)(=O)Nc1ccc(Cl)c(C(=O)O)c1. The van der Waals surface area contributed by atoms with Gasteiger partial charge in [0.2, 0.25) is 10.0 Å². The van der Waals surface area contributed by atoms with Crippen LogP contribution >= 0.6 is 11.6 Å². The van der Waals surface area contributed by atoms with Gasteiger partial charge in [0.1, 0.15) is 0 Å². The Morgan fingerprint density at radius 2 is 1.90 bits per heavy atom. The van der Waals surface area contributed by atoms with Gasteiger partial charge in [-0.25, -0.2) is 13.2 Å². The molecule has 0 aromatic heterocycles. The highest BCUT2D eigenvalue weighted by Gasteiger charge is 2.14. The lowest BCUT2D eigenvalue weighted by atomic mass is 10.2. The quantitative estimate of drug-likeness (QED) is 0.702. The zero-order valence-electron chi connectivity index (χ0n) is 10.2. The van der Waals surface area contributed by atoms with E-state index in [-0.39, 0.29) is 34.9 Å². The van der Waals surface area contributed by atoms with Crippen LogP contribution in [0.25, 0.3) is 0 Å². The minimum atomic E-state index is -3.73. The van der Waals surface area contributed by atoms with Gasteiger partial charge < -0.3 is 10.2 Å². The van der Waals surface area contributed by atoms with Crippen LogP contribution in [0.1, 0.15) is 23.2 Å². The zero-order valence-corrected chi connectivity index (χ0v) is 11.7. The van der Waals surface area contributed by atoms with Crippen molar-refractivity contribution in [3.8, 4) is 0 Å². The van der Waals surface area contributed by atoms with Gasteiger partial charge in [0, 0.05) is 12.1 Å². The third-order valence-electron chi connectivity index (χ3n) is 2.27. The number of carboxylic acid groups (broad SMARTS) is 2. The first kappa shape index (κ1) is 16.3. The lowest BCUT2D eigenvalue weighted by molar-refractivity contribution is -0.137. The Hall–Kier alpha value is -1.80. The van der Waals surface area contributed by atoms with Crippen molar-refractivity contribution in [3.63, 3.8) is 0 Å². The van der Waals surface area contributed by atoms with Crippen molar-refractivity contribution in [2.24, 2.45) is 0 Å². The maximum Gasteiger partial charge on any atom is 0.337 e. The van der Waals surface area contributed by atoms with Gasteiger partial charge in [-0.1, -0.05) is 11.6 Å². The number of hydrogen-bond acceptors (Lipinski definition) is 4. The monoisotopic (exact) mass is 321 g/mol. The number of sulfonamides is 1. The summed E-state index contributed by atoms with van der Waals surface area (Å²) in [5.41, 5.74) is -0.167. The van der Waals surface area contributed by atoms with Gasteiger partial charge in [0.05, 0.1) is 16.3 Å². The molecule has 7 nitrogen and oxygen atoms in total. The standard InChI is InChI=1S/C11H12ClNO6S/c12-9-4-3-7(6-8(9)11(16)17)13-20(18,19)5-1-2-10(14)15/h3-4,6,13H,1-2,5H2,(H,14,15)(H,16,17). The summed E-state index contributed by atoms with van der Waals surface area (Å²) in [4.78, 5) is 21.2. The number of halogens is 1. The first-order valence-corrected chi connectivity index (χ1v) is 7.49. The molecule has 0 aliphatic heterocycles. The number of rotatable bonds is 7. The van der Waals surface area contributed by atoms with E-state index < -0.39 is 22.0 Å². The molecule has 0 fully saturated rings. The zero-order chi connectivity index (χ0) is 15.3. The molecule has 110 valence electrons. The highest BCUT2D eigenvalue weighted by molar-refractivity contribution is 7.92. The van der Waals surface area contributed by atoms with Crippen LogP contribution < -0.4 is 4.72 Å². The molecule has 1 aromatic carbocycles. The van der Waals surface area contributed by atoms with Crippen LogP contribution in [0.4, 0.5) is 5.69 Å². The summed E-state index contributed by atoms with van der Waals surface area (Å²) < 4.78 is 25.5. The van der Waals surface area contributed by atoms with E-state index in [0.29, 0.717) is 0 Å². The molecule has 3 N–H and O–H groups in total. The van der Waals surface area contributed by atoms with E-state index in [1.165, 1.54) is 12.1 Å². The summed E-state index contributed by atoms with van der Waals surface area (Å²) in [6.45, 7) is 0. The summed E-state index contributed by atoms with van der Waals surface area (Å²) in [5.74, 6) is -2.73. The summed E-state index contributed by atoms with van der Waals surface area (Å²) in [6.07, 6.45) is -0.300. The summed E-state index contributed by atoms with van der Waals surface area (Å²) >= 11 is 5.66. The van der Waals surface area contributed by atoms with Crippen LogP contribution in [0.15, 0.2) is 18.2 Å². The molecular weight excluding hydrogens is 310 g/mol. The first-order chi connectivity index (χ1) is 9.21. The minimum Gasteiger partial charge on any atom is -0.481 e. The fourth-order valence-electron chi connectivity index (χ4n) is 1.40. The number of aliphatic carboxylic acids is 1. The molecular formula is C11H12ClNO6S. The molecule has 0 aliphatic carbocycles. The summed E-state index contributed by atoms with van der Waals surface area (Å²) in [7, 11) is -3.73. The van der Waals surface area contributed by atoms with E-state index in [1.807, 2.05) is 0 Å². The fraction of sp³-hybridized carbons (Fsp3) is 0.273. The first-order valence-electron chi connectivity index (χ1n) is 5.46. The topological polar surface area (TPSA) is 121 Å². The third kappa shape index (κ3) is 5.06. The van der Waals surface area contributed by atoms with E-state index in [2.05, 4.69) is 4.72 Å². The second-order valence-corrected chi connectivity index (χ2v) is 6.17. The molecule has 1 rings (SSSR count). The van der Waals surface area contributed by atoms with Crippen molar-refractivity contribution in [3.05, 3.63) is 28.8 Å². The Labute approximate surface area is 120 Å². The van der Waals surface area contributed by atoms with E-state index in [0.717, 1.165) is 6.07 Å². The Kier molecular flexibility index (Phi) is 5.34. The van der Waals surface area contributed by atoms with Gasteiger partial charge in [-0.2, -0.15) is 0 Å². The summed E-state index contributed by atoms with van der Waals surface area (Å²) in [6, 6.07) is 3.68. The van der Waals surface area contributed by atoms with Gasteiger partial charge >= 0.3 is 11.9 Å². The number of benzene rings is 1. The number of anilines is 1. The number of aromatic carboxylic acids is 1. The van der Waals surface area contributed by atoms with E-state index >= 15 is 0 Å². The molecule has 0 unspecified atom stereocenters. The fourth-order valence-corrected chi connectivity index (χ4v) is 2.71. The van der Waals surface area contributed by atoms with E-state index in [9.17, 15) is 18.0 Å².